The van der Waals surface area contributed by atoms with E-state index in [2.05, 4.69) is 16.8 Å². The van der Waals surface area contributed by atoms with Crippen molar-refractivity contribution in [2.24, 2.45) is 0 Å². The van der Waals surface area contributed by atoms with Gasteiger partial charge in [-0.05, 0) is 44.4 Å². The number of aryl methyl sites for hydroxylation is 1. The molecule has 5 heteroatoms. The van der Waals surface area contributed by atoms with Gasteiger partial charge in [0.1, 0.15) is 5.82 Å². The van der Waals surface area contributed by atoms with Crippen LogP contribution in [-0.4, -0.2) is 22.8 Å². The van der Waals surface area contributed by atoms with Crippen molar-refractivity contribution in [2.45, 2.75) is 38.5 Å². The number of aromatic nitrogens is 1. The molecule has 1 aliphatic carbocycles. The lowest BCUT2D eigenvalue weighted by Crippen LogP contribution is -2.26. The molecule has 1 aliphatic rings. The zero-order valence-electron chi connectivity index (χ0n) is 14.1. The van der Waals surface area contributed by atoms with E-state index < -0.39 is 0 Å². The molecule has 2 aromatic rings. The zero-order chi connectivity index (χ0) is 17.1. The van der Waals surface area contributed by atoms with E-state index in [0.717, 1.165) is 22.7 Å². The first kappa shape index (κ1) is 17.1. The second-order valence-corrected chi connectivity index (χ2v) is 7.39. The predicted octanol–water partition coefficient (Wildman–Crippen LogP) is 4.24. The van der Waals surface area contributed by atoms with E-state index in [-0.39, 0.29) is 11.7 Å². The van der Waals surface area contributed by atoms with Crippen molar-refractivity contribution in [2.75, 3.05) is 12.3 Å². The van der Waals surface area contributed by atoms with Crippen LogP contribution in [-0.2, 0) is 5.75 Å². The topological polar surface area (TPSA) is 34.0 Å². The molecular formula is C19H23FN2OS. The summed E-state index contributed by atoms with van der Waals surface area (Å²) in [6.45, 7) is 4.67. The van der Waals surface area contributed by atoms with E-state index >= 15 is 0 Å². The van der Waals surface area contributed by atoms with Crippen LogP contribution in [0.5, 0.6) is 0 Å². The van der Waals surface area contributed by atoms with Crippen molar-refractivity contribution in [3.05, 3.63) is 58.7 Å². The van der Waals surface area contributed by atoms with Crippen molar-refractivity contribution in [3.63, 3.8) is 0 Å². The second kappa shape index (κ2) is 7.43. The maximum atomic E-state index is 13.5. The maximum absolute atomic E-state index is 13.5. The summed E-state index contributed by atoms with van der Waals surface area (Å²) in [7, 11) is 0. The van der Waals surface area contributed by atoms with Crippen LogP contribution in [0.2, 0.25) is 0 Å². The molecule has 1 fully saturated rings. The highest BCUT2D eigenvalue weighted by Crippen LogP contribution is 2.38. The molecule has 0 unspecified atom stereocenters. The van der Waals surface area contributed by atoms with Crippen LogP contribution in [0.3, 0.4) is 0 Å². The van der Waals surface area contributed by atoms with Gasteiger partial charge in [0.15, 0.2) is 0 Å². The molecule has 0 aliphatic heterocycles. The number of hydrogen-bond donors (Lipinski definition) is 1. The van der Waals surface area contributed by atoms with Crippen LogP contribution in [0.25, 0.3) is 0 Å². The van der Waals surface area contributed by atoms with E-state index in [1.54, 1.807) is 23.9 Å². The van der Waals surface area contributed by atoms with Crippen LogP contribution >= 0.6 is 11.8 Å². The van der Waals surface area contributed by atoms with Crippen molar-refractivity contribution in [1.29, 1.82) is 0 Å². The zero-order valence-corrected chi connectivity index (χ0v) is 15.0. The summed E-state index contributed by atoms with van der Waals surface area (Å²) in [6, 6.07) is 9.39. The Morgan fingerprint density at radius 1 is 1.33 bits per heavy atom. The molecular weight excluding hydrogens is 323 g/mol. The Hall–Kier alpha value is -1.75. The fourth-order valence-corrected chi connectivity index (χ4v) is 3.88. The molecule has 1 saturated carbocycles. The third kappa shape index (κ3) is 3.83. The van der Waals surface area contributed by atoms with Gasteiger partial charge >= 0.3 is 0 Å². The SMILES string of the molecule is Cc1cc(C(=O)NCCSCc2ccccc2F)c(C)n1C1CC1. The van der Waals surface area contributed by atoms with E-state index in [1.807, 2.05) is 19.1 Å². The van der Waals surface area contributed by atoms with Gasteiger partial charge in [-0.15, -0.1) is 0 Å². The van der Waals surface area contributed by atoms with Gasteiger partial charge in [-0.1, -0.05) is 18.2 Å². The Labute approximate surface area is 146 Å². The third-order valence-corrected chi connectivity index (χ3v) is 5.40. The van der Waals surface area contributed by atoms with Crippen molar-refractivity contribution in [1.82, 2.24) is 9.88 Å². The summed E-state index contributed by atoms with van der Waals surface area (Å²) in [5.74, 6) is 1.21. The fraction of sp³-hybridized carbons (Fsp3) is 0.421. The molecule has 3 rings (SSSR count). The molecule has 1 aromatic carbocycles. The van der Waals surface area contributed by atoms with E-state index in [0.29, 0.717) is 23.9 Å². The monoisotopic (exact) mass is 346 g/mol. The minimum absolute atomic E-state index is 0.0125. The van der Waals surface area contributed by atoms with Gasteiger partial charge in [0.2, 0.25) is 0 Å². The molecule has 1 aromatic heterocycles. The smallest absolute Gasteiger partial charge is 0.253 e. The van der Waals surface area contributed by atoms with Crippen LogP contribution in [0.1, 0.15) is 46.2 Å². The minimum Gasteiger partial charge on any atom is -0.351 e. The van der Waals surface area contributed by atoms with Gasteiger partial charge < -0.3 is 9.88 Å². The van der Waals surface area contributed by atoms with Crippen molar-refractivity contribution < 1.29 is 9.18 Å². The Morgan fingerprint density at radius 2 is 2.08 bits per heavy atom. The molecule has 24 heavy (non-hydrogen) atoms. The van der Waals surface area contributed by atoms with Gasteiger partial charge in [0.05, 0.1) is 5.56 Å². The first-order valence-corrected chi connectivity index (χ1v) is 9.51. The minimum atomic E-state index is -0.165. The molecule has 0 radical (unpaired) electrons. The van der Waals surface area contributed by atoms with Gasteiger partial charge in [-0.2, -0.15) is 11.8 Å². The molecule has 3 nitrogen and oxygen atoms in total. The molecule has 0 spiro atoms. The Balaban J connectivity index is 1.46. The van der Waals surface area contributed by atoms with Gasteiger partial charge in [-0.3, -0.25) is 4.79 Å². The number of benzene rings is 1. The third-order valence-electron chi connectivity index (χ3n) is 4.39. The lowest BCUT2D eigenvalue weighted by atomic mass is 10.2. The number of amides is 1. The highest BCUT2D eigenvalue weighted by molar-refractivity contribution is 7.98. The Bertz CT molecular complexity index is 737. The maximum Gasteiger partial charge on any atom is 0.253 e. The van der Waals surface area contributed by atoms with Gasteiger partial charge in [-0.25, -0.2) is 4.39 Å². The lowest BCUT2D eigenvalue weighted by molar-refractivity contribution is 0.0955. The van der Waals surface area contributed by atoms with Crippen molar-refractivity contribution >= 4 is 17.7 Å². The first-order valence-electron chi connectivity index (χ1n) is 8.35. The Morgan fingerprint density at radius 3 is 2.79 bits per heavy atom. The summed E-state index contributed by atoms with van der Waals surface area (Å²) < 4.78 is 15.8. The fourth-order valence-electron chi connectivity index (χ4n) is 3.03. The quantitative estimate of drug-likeness (QED) is 0.761. The molecule has 128 valence electrons. The van der Waals surface area contributed by atoms with Crippen LogP contribution in [0, 0.1) is 19.7 Å². The average molecular weight is 346 g/mol. The van der Waals surface area contributed by atoms with Crippen molar-refractivity contribution in [3.8, 4) is 0 Å². The number of nitrogens with zero attached hydrogens (tertiary/aromatic N) is 1. The summed E-state index contributed by atoms with van der Waals surface area (Å²) in [6.07, 6.45) is 2.42. The summed E-state index contributed by atoms with van der Waals surface area (Å²) in [5.41, 5.74) is 3.71. The van der Waals surface area contributed by atoms with Gasteiger partial charge in [0.25, 0.3) is 5.91 Å². The number of carbonyl (C=O) groups is 1. The van der Waals surface area contributed by atoms with Gasteiger partial charge in [0, 0.05) is 35.5 Å². The number of rotatable bonds is 7. The molecule has 1 N–H and O–H groups in total. The summed E-state index contributed by atoms with van der Waals surface area (Å²) in [5, 5.41) is 2.97. The van der Waals surface area contributed by atoms with E-state index in [4.69, 9.17) is 0 Å². The largest absolute Gasteiger partial charge is 0.351 e. The number of nitrogens with one attached hydrogen (secondary N) is 1. The van der Waals surface area contributed by atoms with Crippen LogP contribution in [0.4, 0.5) is 4.39 Å². The van der Waals surface area contributed by atoms with E-state index in [1.165, 1.54) is 18.9 Å². The number of carbonyl (C=O) groups excluding carboxylic acids is 1. The molecule has 1 heterocycles. The number of hydrogen-bond acceptors (Lipinski definition) is 2. The lowest BCUT2D eigenvalue weighted by Gasteiger charge is -2.08. The number of halogens is 1. The predicted molar refractivity (Wildman–Crippen MR) is 97.1 cm³/mol. The first-order chi connectivity index (χ1) is 11.6. The summed E-state index contributed by atoms with van der Waals surface area (Å²) in [4.78, 5) is 12.4. The molecule has 0 atom stereocenters. The highest BCUT2D eigenvalue weighted by Gasteiger charge is 2.28. The normalized spacial score (nSPS) is 14.0. The van der Waals surface area contributed by atoms with Crippen LogP contribution in [0.15, 0.2) is 30.3 Å². The second-order valence-electron chi connectivity index (χ2n) is 6.29. The number of thioether (sulfide) groups is 1. The molecule has 1 amide bonds. The average Bonchev–Trinajstić information content (AvgIpc) is 3.34. The van der Waals surface area contributed by atoms with Crippen LogP contribution < -0.4 is 5.32 Å². The standard InChI is InChI=1S/C19H23FN2OS/c1-13-11-17(14(2)22(13)16-7-8-16)19(23)21-9-10-24-12-15-5-3-4-6-18(15)20/h3-6,11,16H,7-10,12H2,1-2H3,(H,21,23). The molecule has 0 saturated heterocycles. The highest BCUT2D eigenvalue weighted by atomic mass is 32.2. The summed E-state index contributed by atoms with van der Waals surface area (Å²) >= 11 is 1.63. The Kier molecular flexibility index (Phi) is 5.29. The molecule has 0 bridgehead atoms. The van der Waals surface area contributed by atoms with E-state index in [9.17, 15) is 9.18 Å².